The highest BCUT2D eigenvalue weighted by molar-refractivity contribution is 6.30. The van der Waals surface area contributed by atoms with Gasteiger partial charge >= 0.3 is 0 Å². The number of nitrogens with zero attached hydrogens (tertiary/aromatic N) is 1. The molecule has 2 N–H and O–H groups in total. The number of hydrogen-bond donors (Lipinski definition) is 2. The molecule has 0 saturated heterocycles. The number of nitrogens with one attached hydrogen (secondary N) is 2. The van der Waals surface area contributed by atoms with E-state index < -0.39 is 0 Å². The molecule has 1 atom stereocenters. The van der Waals surface area contributed by atoms with Crippen molar-refractivity contribution in [3.8, 4) is 0 Å². The van der Waals surface area contributed by atoms with Gasteiger partial charge in [0.25, 0.3) is 0 Å². The lowest BCUT2D eigenvalue weighted by atomic mass is 10.1. The minimum atomic E-state index is 0.532. The number of halogens is 1. The Hall–Kier alpha value is -0.540. The summed E-state index contributed by atoms with van der Waals surface area (Å²) in [6.45, 7) is 7.44. The molecular weight excluding hydrogens is 258 g/mol. The standard InChI is InChI=1S/C15H28ClN3/c1-4-6-8-9-12(3)17-11-13-15(16)19-14(18-13)10-7-5-2/h12,17H,4-11H2,1-3H3,(H,18,19). The van der Waals surface area contributed by atoms with Crippen LogP contribution in [0.3, 0.4) is 0 Å². The molecule has 1 aromatic rings. The maximum absolute atomic E-state index is 6.15. The van der Waals surface area contributed by atoms with E-state index in [0.29, 0.717) is 11.2 Å². The van der Waals surface area contributed by atoms with Gasteiger partial charge in [0.15, 0.2) is 5.15 Å². The van der Waals surface area contributed by atoms with Crippen molar-refractivity contribution in [1.82, 2.24) is 15.3 Å². The molecule has 0 bridgehead atoms. The Morgan fingerprint density at radius 2 is 1.95 bits per heavy atom. The fourth-order valence-electron chi connectivity index (χ4n) is 2.10. The number of unbranched alkanes of at least 4 members (excludes halogenated alkanes) is 3. The van der Waals surface area contributed by atoms with Crippen LogP contribution in [0.1, 0.15) is 70.8 Å². The van der Waals surface area contributed by atoms with E-state index in [4.69, 9.17) is 11.6 Å². The van der Waals surface area contributed by atoms with Crippen molar-refractivity contribution in [3.63, 3.8) is 0 Å². The summed E-state index contributed by atoms with van der Waals surface area (Å²) in [6, 6.07) is 0.532. The lowest BCUT2D eigenvalue weighted by molar-refractivity contribution is 0.484. The zero-order chi connectivity index (χ0) is 14.1. The third kappa shape index (κ3) is 6.44. The maximum atomic E-state index is 6.15. The van der Waals surface area contributed by atoms with Crippen molar-refractivity contribution in [2.75, 3.05) is 0 Å². The van der Waals surface area contributed by atoms with Crippen LogP contribution < -0.4 is 5.32 Å². The second kappa shape index (κ2) is 9.38. The highest BCUT2D eigenvalue weighted by Crippen LogP contribution is 2.14. The largest absolute Gasteiger partial charge is 0.344 e. The average molecular weight is 286 g/mol. The predicted molar refractivity (Wildman–Crippen MR) is 82.7 cm³/mol. The van der Waals surface area contributed by atoms with E-state index in [1.54, 1.807) is 0 Å². The van der Waals surface area contributed by atoms with Gasteiger partial charge in [-0.05, 0) is 19.8 Å². The van der Waals surface area contributed by atoms with Crippen LogP contribution in [0.25, 0.3) is 0 Å². The number of rotatable bonds is 10. The summed E-state index contributed by atoms with van der Waals surface area (Å²) in [5.74, 6) is 1.02. The molecule has 0 aliphatic heterocycles. The molecule has 0 aromatic carbocycles. The van der Waals surface area contributed by atoms with Gasteiger partial charge < -0.3 is 10.3 Å². The van der Waals surface area contributed by atoms with Gasteiger partial charge in [0.1, 0.15) is 5.82 Å². The van der Waals surface area contributed by atoms with Crippen LogP contribution in [0.15, 0.2) is 0 Å². The van der Waals surface area contributed by atoms with Gasteiger partial charge in [0.05, 0.1) is 5.69 Å². The number of aromatic amines is 1. The molecule has 1 unspecified atom stereocenters. The molecule has 0 spiro atoms. The van der Waals surface area contributed by atoms with Crippen LogP contribution in [-0.2, 0) is 13.0 Å². The summed E-state index contributed by atoms with van der Waals surface area (Å²) in [4.78, 5) is 7.70. The first-order valence-electron chi connectivity index (χ1n) is 7.64. The monoisotopic (exact) mass is 285 g/mol. The number of hydrogen-bond acceptors (Lipinski definition) is 2. The summed E-state index contributed by atoms with van der Waals surface area (Å²) in [5.41, 5.74) is 1.02. The molecular formula is C15H28ClN3. The SMILES string of the molecule is CCCCCC(C)NCc1[nH]c(CCCC)nc1Cl. The molecule has 0 aliphatic carbocycles. The Labute approximate surface area is 122 Å². The van der Waals surface area contributed by atoms with Crippen LogP contribution in [0.4, 0.5) is 0 Å². The molecule has 0 fully saturated rings. The van der Waals surface area contributed by atoms with Gasteiger partial charge in [0.2, 0.25) is 0 Å². The van der Waals surface area contributed by atoms with Crippen LogP contribution >= 0.6 is 11.6 Å². The summed E-state index contributed by atoms with van der Waals surface area (Å²) >= 11 is 6.15. The Morgan fingerprint density at radius 1 is 1.21 bits per heavy atom. The number of aryl methyl sites for hydroxylation is 1. The van der Waals surface area contributed by atoms with Crippen molar-refractivity contribution in [2.45, 2.75) is 78.3 Å². The molecule has 3 nitrogen and oxygen atoms in total. The van der Waals surface area contributed by atoms with Crippen molar-refractivity contribution in [3.05, 3.63) is 16.7 Å². The molecule has 110 valence electrons. The summed E-state index contributed by atoms with van der Waals surface area (Å²) in [6.07, 6.45) is 8.44. The van der Waals surface area contributed by atoms with E-state index in [2.05, 4.69) is 36.1 Å². The third-order valence-electron chi connectivity index (χ3n) is 3.41. The Bertz CT molecular complexity index is 349. The fraction of sp³-hybridized carbons (Fsp3) is 0.800. The molecule has 1 heterocycles. The predicted octanol–water partition coefficient (Wildman–Crippen LogP) is 4.46. The van der Waals surface area contributed by atoms with Gasteiger partial charge in [-0.1, -0.05) is 51.1 Å². The van der Waals surface area contributed by atoms with Gasteiger partial charge in [0, 0.05) is 19.0 Å². The molecule has 0 amide bonds. The Balaban J connectivity index is 2.33. The van der Waals surface area contributed by atoms with Gasteiger partial charge in [-0.2, -0.15) is 0 Å². The topological polar surface area (TPSA) is 40.7 Å². The number of imidazole rings is 1. The molecule has 0 saturated carbocycles. The van der Waals surface area contributed by atoms with Gasteiger partial charge in [-0.25, -0.2) is 4.98 Å². The van der Waals surface area contributed by atoms with Crippen molar-refractivity contribution >= 4 is 11.6 Å². The van der Waals surface area contributed by atoms with E-state index >= 15 is 0 Å². The minimum Gasteiger partial charge on any atom is -0.344 e. The van der Waals surface area contributed by atoms with E-state index in [1.165, 1.54) is 32.1 Å². The summed E-state index contributed by atoms with van der Waals surface area (Å²) in [7, 11) is 0. The maximum Gasteiger partial charge on any atom is 0.151 e. The number of H-pyrrole nitrogens is 1. The quantitative estimate of drug-likeness (QED) is 0.623. The van der Waals surface area contributed by atoms with E-state index in [-0.39, 0.29) is 0 Å². The lowest BCUT2D eigenvalue weighted by Crippen LogP contribution is -2.25. The molecule has 1 aromatic heterocycles. The minimum absolute atomic E-state index is 0.532. The van der Waals surface area contributed by atoms with Crippen LogP contribution in [0.5, 0.6) is 0 Å². The van der Waals surface area contributed by atoms with Crippen molar-refractivity contribution < 1.29 is 0 Å². The van der Waals surface area contributed by atoms with Crippen LogP contribution in [0.2, 0.25) is 5.15 Å². The smallest absolute Gasteiger partial charge is 0.151 e. The first kappa shape index (κ1) is 16.5. The highest BCUT2D eigenvalue weighted by Gasteiger charge is 2.09. The average Bonchev–Trinajstić information content (AvgIpc) is 2.75. The molecule has 19 heavy (non-hydrogen) atoms. The first-order valence-corrected chi connectivity index (χ1v) is 8.01. The zero-order valence-electron chi connectivity index (χ0n) is 12.6. The second-order valence-electron chi connectivity index (χ2n) is 5.33. The van der Waals surface area contributed by atoms with Crippen molar-refractivity contribution in [1.29, 1.82) is 0 Å². The summed E-state index contributed by atoms with van der Waals surface area (Å²) in [5, 5.41) is 4.14. The van der Waals surface area contributed by atoms with Gasteiger partial charge in [-0.15, -0.1) is 0 Å². The molecule has 0 radical (unpaired) electrons. The van der Waals surface area contributed by atoms with Crippen LogP contribution in [-0.4, -0.2) is 16.0 Å². The van der Waals surface area contributed by atoms with Gasteiger partial charge in [-0.3, -0.25) is 0 Å². The Kier molecular flexibility index (Phi) is 8.15. The van der Waals surface area contributed by atoms with E-state index in [1.807, 2.05) is 0 Å². The van der Waals surface area contributed by atoms with E-state index in [0.717, 1.165) is 30.9 Å². The van der Waals surface area contributed by atoms with Crippen LogP contribution in [0, 0.1) is 0 Å². The second-order valence-corrected chi connectivity index (χ2v) is 5.69. The first-order chi connectivity index (χ1) is 9.17. The number of aromatic nitrogens is 2. The lowest BCUT2D eigenvalue weighted by Gasteiger charge is -2.12. The summed E-state index contributed by atoms with van der Waals surface area (Å²) < 4.78 is 0. The molecule has 0 aliphatic rings. The van der Waals surface area contributed by atoms with E-state index in [9.17, 15) is 0 Å². The molecule has 1 rings (SSSR count). The highest BCUT2D eigenvalue weighted by atomic mass is 35.5. The molecule has 4 heteroatoms. The normalized spacial score (nSPS) is 12.8. The third-order valence-corrected chi connectivity index (χ3v) is 3.73. The fourth-order valence-corrected chi connectivity index (χ4v) is 2.31. The zero-order valence-corrected chi connectivity index (χ0v) is 13.3. The Morgan fingerprint density at radius 3 is 2.63 bits per heavy atom. The van der Waals surface area contributed by atoms with Crippen molar-refractivity contribution in [2.24, 2.45) is 0 Å².